The molecular formula is C16H21NO2. The highest BCUT2D eigenvalue weighted by atomic mass is 16.5. The maximum Gasteiger partial charge on any atom is 0.323 e. The van der Waals surface area contributed by atoms with E-state index >= 15 is 0 Å². The van der Waals surface area contributed by atoms with Crippen LogP contribution in [0.3, 0.4) is 0 Å². The second-order valence-corrected chi connectivity index (χ2v) is 5.66. The minimum absolute atomic E-state index is 0.0890. The van der Waals surface area contributed by atoms with Gasteiger partial charge in [-0.15, -0.1) is 0 Å². The summed E-state index contributed by atoms with van der Waals surface area (Å²) >= 11 is 0. The van der Waals surface area contributed by atoms with Gasteiger partial charge in [0, 0.05) is 6.54 Å². The smallest absolute Gasteiger partial charge is 0.323 e. The van der Waals surface area contributed by atoms with Crippen molar-refractivity contribution in [3.63, 3.8) is 0 Å². The first kappa shape index (κ1) is 12.7. The molecule has 1 aromatic carbocycles. The summed E-state index contributed by atoms with van der Waals surface area (Å²) in [6, 6.07) is 8.11. The van der Waals surface area contributed by atoms with E-state index in [1.54, 1.807) is 0 Å². The normalized spacial score (nSPS) is 22.4. The van der Waals surface area contributed by atoms with Gasteiger partial charge in [-0.1, -0.05) is 43.5 Å². The van der Waals surface area contributed by atoms with Gasteiger partial charge in [0.1, 0.15) is 6.04 Å². The molecule has 1 aliphatic heterocycles. The number of nitrogens with one attached hydrogen (secondary N) is 1. The topological polar surface area (TPSA) is 38.3 Å². The van der Waals surface area contributed by atoms with Crippen molar-refractivity contribution in [2.45, 2.75) is 44.7 Å². The maximum absolute atomic E-state index is 12.0. The Kier molecular flexibility index (Phi) is 3.83. The maximum atomic E-state index is 12.0. The van der Waals surface area contributed by atoms with Crippen LogP contribution in [0.4, 0.5) is 0 Å². The van der Waals surface area contributed by atoms with Crippen LogP contribution in [0.2, 0.25) is 0 Å². The molecule has 3 heteroatoms. The molecule has 0 saturated heterocycles. The number of ether oxygens (including phenoxy) is 1. The molecule has 1 heterocycles. The number of fused-ring (bicyclic) bond motifs is 1. The predicted octanol–water partition coefficient (Wildman–Crippen LogP) is 2.43. The van der Waals surface area contributed by atoms with Gasteiger partial charge in [0.05, 0.1) is 6.61 Å². The molecule has 0 radical (unpaired) electrons. The van der Waals surface area contributed by atoms with Crippen molar-refractivity contribution in [2.24, 2.45) is 5.92 Å². The summed E-state index contributed by atoms with van der Waals surface area (Å²) in [6.45, 7) is 1.35. The zero-order valence-corrected chi connectivity index (χ0v) is 11.2. The Hall–Kier alpha value is -1.35. The number of hydrogen-bond donors (Lipinski definition) is 1. The first-order valence-corrected chi connectivity index (χ1v) is 7.30. The van der Waals surface area contributed by atoms with E-state index in [1.807, 2.05) is 12.1 Å². The van der Waals surface area contributed by atoms with Crippen molar-refractivity contribution in [1.82, 2.24) is 5.32 Å². The first-order valence-electron chi connectivity index (χ1n) is 7.30. The molecule has 0 unspecified atom stereocenters. The molecule has 2 aliphatic rings. The third-order valence-electron chi connectivity index (χ3n) is 4.36. The molecule has 1 aliphatic carbocycles. The molecule has 1 atom stereocenters. The monoisotopic (exact) mass is 259 g/mol. The lowest BCUT2D eigenvalue weighted by Crippen LogP contribution is -2.42. The molecule has 3 nitrogen and oxygen atoms in total. The van der Waals surface area contributed by atoms with Crippen molar-refractivity contribution < 1.29 is 9.53 Å². The summed E-state index contributed by atoms with van der Waals surface area (Å²) < 4.78 is 5.40. The Labute approximate surface area is 114 Å². The Morgan fingerprint density at radius 1 is 1.26 bits per heavy atom. The van der Waals surface area contributed by atoms with Crippen LogP contribution in [-0.2, 0) is 22.5 Å². The highest BCUT2D eigenvalue weighted by Gasteiger charge is 2.25. The number of carbonyl (C=O) groups excluding carboxylic acids is 1. The largest absolute Gasteiger partial charge is 0.465 e. The van der Waals surface area contributed by atoms with E-state index in [0.29, 0.717) is 6.61 Å². The molecule has 1 saturated carbocycles. The Morgan fingerprint density at radius 2 is 2.05 bits per heavy atom. The third-order valence-corrected chi connectivity index (χ3v) is 4.36. The molecule has 102 valence electrons. The summed E-state index contributed by atoms with van der Waals surface area (Å²) in [5.74, 6) is 0.710. The number of esters is 1. The second kappa shape index (κ2) is 5.74. The van der Waals surface area contributed by atoms with Crippen LogP contribution in [0.25, 0.3) is 0 Å². The molecular weight excluding hydrogens is 238 g/mol. The Bertz CT molecular complexity index is 454. The van der Waals surface area contributed by atoms with Gasteiger partial charge >= 0.3 is 5.97 Å². The fourth-order valence-electron chi connectivity index (χ4n) is 2.83. The summed E-state index contributed by atoms with van der Waals surface area (Å²) in [6.07, 6.45) is 5.76. The fraction of sp³-hybridized carbons (Fsp3) is 0.562. The van der Waals surface area contributed by atoms with Crippen molar-refractivity contribution in [3.8, 4) is 0 Å². The van der Waals surface area contributed by atoms with Crippen LogP contribution < -0.4 is 5.32 Å². The molecule has 3 rings (SSSR count). The van der Waals surface area contributed by atoms with Crippen LogP contribution in [0, 0.1) is 5.92 Å². The molecule has 0 aromatic heterocycles. The fourth-order valence-corrected chi connectivity index (χ4v) is 2.83. The number of carbonyl (C=O) groups is 1. The van der Waals surface area contributed by atoms with Crippen LogP contribution in [0.15, 0.2) is 24.3 Å². The van der Waals surface area contributed by atoms with Gasteiger partial charge in [0.25, 0.3) is 0 Å². The van der Waals surface area contributed by atoms with E-state index in [2.05, 4.69) is 17.4 Å². The van der Waals surface area contributed by atoms with Gasteiger partial charge in [0.15, 0.2) is 0 Å². The minimum Gasteiger partial charge on any atom is -0.465 e. The lowest BCUT2D eigenvalue weighted by atomic mass is 9.83. The van der Waals surface area contributed by atoms with Gasteiger partial charge in [0.2, 0.25) is 0 Å². The van der Waals surface area contributed by atoms with Crippen molar-refractivity contribution >= 4 is 5.97 Å². The second-order valence-electron chi connectivity index (χ2n) is 5.66. The molecule has 0 spiro atoms. The third kappa shape index (κ3) is 2.98. The van der Waals surface area contributed by atoms with Crippen molar-refractivity contribution in [2.75, 3.05) is 6.61 Å². The SMILES string of the molecule is O=C(OCCC1CCC1)[C@H]1Cc2ccccc2CN1. The van der Waals surface area contributed by atoms with Gasteiger partial charge in [-0.25, -0.2) is 0 Å². The quantitative estimate of drug-likeness (QED) is 0.844. The molecule has 1 aromatic rings. The van der Waals surface area contributed by atoms with Gasteiger partial charge in [-0.3, -0.25) is 4.79 Å². The standard InChI is InChI=1S/C16H21NO2/c18-16(19-9-8-12-4-3-5-12)15-10-13-6-1-2-7-14(13)11-17-15/h1-2,6-7,12,15,17H,3-5,8-11H2/t15-/m1/s1. The number of rotatable bonds is 4. The van der Waals surface area contributed by atoms with Crippen LogP contribution in [-0.4, -0.2) is 18.6 Å². The van der Waals surface area contributed by atoms with Crippen LogP contribution >= 0.6 is 0 Å². The zero-order valence-electron chi connectivity index (χ0n) is 11.2. The van der Waals surface area contributed by atoms with E-state index < -0.39 is 0 Å². The average molecular weight is 259 g/mol. The first-order chi connectivity index (χ1) is 9.33. The van der Waals surface area contributed by atoms with E-state index in [9.17, 15) is 4.79 Å². The number of hydrogen-bond acceptors (Lipinski definition) is 3. The Morgan fingerprint density at radius 3 is 2.79 bits per heavy atom. The average Bonchev–Trinajstić information content (AvgIpc) is 2.40. The van der Waals surface area contributed by atoms with Crippen molar-refractivity contribution in [1.29, 1.82) is 0 Å². The summed E-state index contributed by atoms with van der Waals surface area (Å²) in [5.41, 5.74) is 2.56. The molecule has 0 amide bonds. The molecule has 1 N–H and O–H groups in total. The zero-order chi connectivity index (χ0) is 13.1. The van der Waals surface area contributed by atoms with Crippen molar-refractivity contribution in [3.05, 3.63) is 35.4 Å². The van der Waals surface area contributed by atoms with Crippen LogP contribution in [0.5, 0.6) is 0 Å². The van der Waals surface area contributed by atoms with E-state index in [4.69, 9.17) is 4.74 Å². The lowest BCUT2D eigenvalue weighted by Gasteiger charge is -2.27. The van der Waals surface area contributed by atoms with E-state index in [-0.39, 0.29) is 12.0 Å². The summed E-state index contributed by atoms with van der Waals surface area (Å²) in [7, 11) is 0. The highest BCUT2D eigenvalue weighted by molar-refractivity contribution is 5.76. The summed E-state index contributed by atoms with van der Waals surface area (Å²) in [5, 5.41) is 3.27. The Balaban J connectivity index is 1.48. The molecule has 1 fully saturated rings. The van der Waals surface area contributed by atoms with E-state index in [1.165, 1.54) is 30.4 Å². The minimum atomic E-state index is -0.170. The van der Waals surface area contributed by atoms with E-state index in [0.717, 1.165) is 25.3 Å². The van der Waals surface area contributed by atoms with Crippen LogP contribution in [0.1, 0.15) is 36.8 Å². The lowest BCUT2D eigenvalue weighted by molar-refractivity contribution is -0.146. The summed E-state index contributed by atoms with van der Waals surface area (Å²) in [4.78, 5) is 12.0. The number of benzene rings is 1. The predicted molar refractivity (Wildman–Crippen MR) is 73.7 cm³/mol. The van der Waals surface area contributed by atoms with Gasteiger partial charge in [-0.05, 0) is 29.9 Å². The molecule has 0 bridgehead atoms. The molecule has 19 heavy (non-hydrogen) atoms. The van der Waals surface area contributed by atoms with Gasteiger partial charge < -0.3 is 10.1 Å². The highest BCUT2D eigenvalue weighted by Crippen LogP contribution is 2.29. The van der Waals surface area contributed by atoms with Gasteiger partial charge in [-0.2, -0.15) is 0 Å².